The van der Waals surface area contributed by atoms with Crippen LogP contribution in [0.15, 0.2) is 12.4 Å². The van der Waals surface area contributed by atoms with Crippen LogP contribution in [0.1, 0.15) is 38.0 Å². The maximum absolute atomic E-state index is 4.54. The minimum atomic E-state index is 0.726. The molecule has 0 aliphatic carbocycles. The fourth-order valence-corrected chi connectivity index (χ4v) is 2.09. The van der Waals surface area contributed by atoms with Crippen LogP contribution in [0.3, 0.4) is 0 Å². The first-order valence-corrected chi connectivity index (χ1v) is 6.91. The Hall–Kier alpha value is -1.69. The number of hydrogen-bond donors (Lipinski definition) is 1. The Morgan fingerprint density at radius 3 is 2.68 bits per heavy atom. The maximum Gasteiger partial charge on any atom is 0.146 e. The third-order valence-electron chi connectivity index (χ3n) is 3.20. The van der Waals surface area contributed by atoms with Gasteiger partial charge in [0.05, 0.1) is 17.9 Å². The molecular weight excluding hydrogens is 240 g/mol. The second-order valence-corrected chi connectivity index (χ2v) is 4.43. The molecule has 19 heavy (non-hydrogen) atoms. The van der Waals surface area contributed by atoms with Crippen LogP contribution in [0, 0.1) is 0 Å². The highest BCUT2D eigenvalue weighted by Gasteiger charge is 2.06. The summed E-state index contributed by atoms with van der Waals surface area (Å²) in [6.07, 6.45) is 2.74. The van der Waals surface area contributed by atoms with E-state index >= 15 is 0 Å². The Labute approximate surface area is 113 Å². The van der Waals surface area contributed by atoms with Gasteiger partial charge in [0.25, 0.3) is 0 Å². The summed E-state index contributed by atoms with van der Waals surface area (Å²) in [4.78, 5) is 0. The van der Waals surface area contributed by atoms with E-state index in [1.54, 1.807) is 6.33 Å². The molecule has 0 saturated carbocycles. The number of nitrogens with one attached hydrogen (secondary N) is 1. The zero-order valence-electron chi connectivity index (χ0n) is 11.9. The molecule has 2 aromatic heterocycles. The van der Waals surface area contributed by atoms with Gasteiger partial charge in [-0.2, -0.15) is 5.10 Å². The number of hydrogen-bond acceptors (Lipinski definition) is 4. The first kappa shape index (κ1) is 13.7. The molecule has 6 nitrogen and oxygen atoms in total. The lowest BCUT2D eigenvalue weighted by Gasteiger charge is -2.07. The minimum absolute atomic E-state index is 0.726. The van der Waals surface area contributed by atoms with E-state index in [-0.39, 0.29) is 0 Å². The molecule has 0 spiro atoms. The zero-order chi connectivity index (χ0) is 13.7. The van der Waals surface area contributed by atoms with Crippen molar-refractivity contribution in [2.75, 3.05) is 0 Å². The number of aryl methyl sites for hydroxylation is 3. The molecule has 0 saturated heterocycles. The summed E-state index contributed by atoms with van der Waals surface area (Å²) in [7, 11) is 0. The summed E-state index contributed by atoms with van der Waals surface area (Å²) in [6.45, 7) is 9.67. The first-order valence-electron chi connectivity index (χ1n) is 6.91. The molecule has 0 aliphatic rings. The average molecular weight is 262 g/mol. The highest BCUT2D eigenvalue weighted by molar-refractivity contribution is 5.10. The average Bonchev–Trinajstić information content (AvgIpc) is 3.04. The van der Waals surface area contributed by atoms with E-state index in [0.29, 0.717) is 0 Å². The molecule has 0 bridgehead atoms. The molecule has 0 unspecified atom stereocenters. The van der Waals surface area contributed by atoms with Gasteiger partial charge in [-0.3, -0.25) is 4.68 Å². The lowest BCUT2D eigenvalue weighted by atomic mass is 10.3. The van der Waals surface area contributed by atoms with Crippen molar-refractivity contribution in [1.29, 1.82) is 0 Å². The van der Waals surface area contributed by atoms with Crippen molar-refractivity contribution in [3.05, 3.63) is 29.6 Å². The monoisotopic (exact) mass is 262 g/mol. The zero-order valence-corrected chi connectivity index (χ0v) is 11.9. The fourth-order valence-electron chi connectivity index (χ4n) is 2.09. The lowest BCUT2D eigenvalue weighted by Crippen LogP contribution is -2.18. The molecule has 104 valence electrons. The third kappa shape index (κ3) is 3.20. The summed E-state index contributed by atoms with van der Waals surface area (Å²) in [5, 5.41) is 16.0. The third-order valence-corrected chi connectivity index (χ3v) is 3.20. The Kier molecular flexibility index (Phi) is 4.68. The van der Waals surface area contributed by atoms with Gasteiger partial charge in [0.15, 0.2) is 0 Å². The molecule has 6 heteroatoms. The Morgan fingerprint density at radius 2 is 2.00 bits per heavy atom. The number of aromatic nitrogens is 5. The van der Waals surface area contributed by atoms with Crippen molar-refractivity contribution in [3.63, 3.8) is 0 Å². The van der Waals surface area contributed by atoms with Crippen molar-refractivity contribution >= 4 is 0 Å². The minimum Gasteiger partial charge on any atom is -0.317 e. The van der Waals surface area contributed by atoms with Gasteiger partial charge in [-0.15, -0.1) is 10.2 Å². The van der Waals surface area contributed by atoms with Crippen LogP contribution in [-0.4, -0.2) is 24.5 Å². The van der Waals surface area contributed by atoms with Crippen LogP contribution < -0.4 is 5.32 Å². The quantitative estimate of drug-likeness (QED) is 0.818. The van der Waals surface area contributed by atoms with E-state index in [9.17, 15) is 0 Å². The van der Waals surface area contributed by atoms with E-state index < -0.39 is 0 Å². The molecule has 2 aromatic rings. The molecule has 0 radical (unpaired) electrons. The Bertz CT molecular complexity index is 513. The van der Waals surface area contributed by atoms with Gasteiger partial charge in [0.1, 0.15) is 12.2 Å². The fraction of sp³-hybridized carbons (Fsp3) is 0.615. The van der Waals surface area contributed by atoms with Gasteiger partial charge in [-0.1, -0.05) is 6.92 Å². The summed E-state index contributed by atoms with van der Waals surface area (Å²) in [5.41, 5.74) is 2.37. The van der Waals surface area contributed by atoms with Crippen LogP contribution in [0.5, 0.6) is 0 Å². The van der Waals surface area contributed by atoms with E-state index in [4.69, 9.17) is 0 Å². The Balaban J connectivity index is 1.93. The molecule has 2 rings (SSSR count). The van der Waals surface area contributed by atoms with Gasteiger partial charge in [-0.25, -0.2) is 0 Å². The van der Waals surface area contributed by atoms with Crippen molar-refractivity contribution in [1.82, 2.24) is 29.9 Å². The van der Waals surface area contributed by atoms with Gasteiger partial charge in [0, 0.05) is 19.6 Å². The highest BCUT2D eigenvalue weighted by atomic mass is 15.3. The van der Waals surface area contributed by atoms with E-state index in [2.05, 4.69) is 52.1 Å². The van der Waals surface area contributed by atoms with Crippen molar-refractivity contribution < 1.29 is 0 Å². The van der Waals surface area contributed by atoms with Crippen molar-refractivity contribution in [3.8, 4) is 0 Å². The van der Waals surface area contributed by atoms with Crippen molar-refractivity contribution in [2.24, 2.45) is 0 Å². The smallest absolute Gasteiger partial charge is 0.146 e. The van der Waals surface area contributed by atoms with Crippen LogP contribution >= 0.6 is 0 Å². The number of nitrogens with zero attached hydrogens (tertiary/aromatic N) is 5. The summed E-state index contributed by atoms with van der Waals surface area (Å²) in [5.74, 6) is 0.973. The molecule has 0 aromatic carbocycles. The second-order valence-electron chi connectivity index (χ2n) is 4.43. The van der Waals surface area contributed by atoms with E-state index in [0.717, 1.165) is 44.1 Å². The van der Waals surface area contributed by atoms with Gasteiger partial charge < -0.3 is 9.88 Å². The molecule has 0 fully saturated rings. The molecule has 2 heterocycles. The van der Waals surface area contributed by atoms with Gasteiger partial charge >= 0.3 is 0 Å². The predicted molar refractivity (Wildman–Crippen MR) is 73.5 cm³/mol. The molecule has 1 N–H and O–H groups in total. The van der Waals surface area contributed by atoms with E-state index in [1.165, 1.54) is 5.69 Å². The van der Waals surface area contributed by atoms with Crippen molar-refractivity contribution in [2.45, 2.75) is 53.4 Å². The maximum atomic E-state index is 4.54. The van der Waals surface area contributed by atoms with Gasteiger partial charge in [-0.05, 0) is 26.3 Å². The lowest BCUT2D eigenvalue weighted by molar-refractivity contribution is 0.559. The SMILES string of the molecule is CCc1cc(CNCc2nncn2CC)n(CC)n1. The molecule has 0 amide bonds. The van der Waals surface area contributed by atoms with Gasteiger partial charge in [0.2, 0.25) is 0 Å². The molecule has 0 aliphatic heterocycles. The van der Waals surface area contributed by atoms with Crippen LogP contribution in [-0.2, 0) is 32.6 Å². The van der Waals surface area contributed by atoms with Crippen LogP contribution in [0.25, 0.3) is 0 Å². The molecule has 0 atom stereocenters. The summed E-state index contributed by atoms with van der Waals surface area (Å²) < 4.78 is 4.10. The normalized spacial score (nSPS) is 11.1. The number of rotatable bonds is 7. The van der Waals surface area contributed by atoms with Crippen LogP contribution in [0.4, 0.5) is 0 Å². The second kappa shape index (κ2) is 6.47. The molecular formula is C13H22N6. The topological polar surface area (TPSA) is 60.6 Å². The highest BCUT2D eigenvalue weighted by Crippen LogP contribution is 2.05. The summed E-state index contributed by atoms with van der Waals surface area (Å²) >= 11 is 0. The first-order chi connectivity index (χ1) is 9.28. The largest absolute Gasteiger partial charge is 0.317 e. The van der Waals surface area contributed by atoms with E-state index in [1.807, 2.05) is 4.57 Å². The Morgan fingerprint density at radius 1 is 1.16 bits per heavy atom. The predicted octanol–water partition coefficient (Wildman–Crippen LogP) is 1.37. The standard InChI is InChI=1S/C13H22N6/c1-4-11-7-12(19(6-3)17-11)8-14-9-13-16-15-10-18(13)5-2/h7,10,14H,4-6,8-9H2,1-3H3. The summed E-state index contributed by atoms with van der Waals surface area (Å²) in [6, 6.07) is 2.17. The van der Waals surface area contributed by atoms with Crippen LogP contribution in [0.2, 0.25) is 0 Å².